The minimum absolute atomic E-state index is 0.101. The average Bonchev–Trinajstić information content (AvgIpc) is 3.54. The molecule has 0 aliphatic carbocycles. The predicted molar refractivity (Wildman–Crippen MR) is 210 cm³/mol. The minimum atomic E-state index is -1.11. The van der Waals surface area contributed by atoms with Crippen LogP contribution in [0.15, 0.2) is 12.5 Å². The van der Waals surface area contributed by atoms with Crippen molar-refractivity contribution in [1.29, 1.82) is 0 Å². The second-order valence-corrected chi connectivity index (χ2v) is 15.9. The van der Waals surface area contributed by atoms with Gasteiger partial charge in [-0.25, -0.2) is 14.3 Å². The third kappa shape index (κ3) is 27.7. The number of carbonyl (C=O) groups is 4. The number of nitrogens with zero attached hydrogens (tertiary/aromatic N) is 2. The normalized spacial score (nSPS) is 12.6. The molecule has 0 fully saturated rings. The summed E-state index contributed by atoms with van der Waals surface area (Å²) in [5.41, 5.74) is 0.565. The van der Waals surface area contributed by atoms with Crippen LogP contribution in [0.1, 0.15) is 194 Å². The van der Waals surface area contributed by atoms with Gasteiger partial charge in [0.2, 0.25) is 11.8 Å². The molecule has 52 heavy (non-hydrogen) atoms. The zero-order valence-electron chi connectivity index (χ0n) is 33.7. The summed E-state index contributed by atoms with van der Waals surface area (Å²) in [7, 11) is 0. The summed E-state index contributed by atoms with van der Waals surface area (Å²) in [6.45, 7) is 11.2. The number of nitrogens with one attached hydrogen (secondary N) is 2. The van der Waals surface area contributed by atoms with E-state index in [1.165, 1.54) is 102 Å². The lowest BCUT2D eigenvalue weighted by atomic mass is 10.0. The van der Waals surface area contributed by atoms with E-state index in [2.05, 4.69) is 43.3 Å². The van der Waals surface area contributed by atoms with Gasteiger partial charge in [0.25, 0.3) is 0 Å². The van der Waals surface area contributed by atoms with Crippen molar-refractivity contribution in [1.82, 2.24) is 20.2 Å². The van der Waals surface area contributed by atoms with Crippen molar-refractivity contribution < 1.29 is 29.0 Å². The van der Waals surface area contributed by atoms with Crippen LogP contribution in [0.3, 0.4) is 0 Å². The predicted octanol–water partition coefficient (Wildman–Crippen LogP) is 10.2. The van der Waals surface area contributed by atoms with Gasteiger partial charge in [-0.15, -0.1) is 0 Å². The molecule has 0 spiro atoms. The molecule has 2 atom stereocenters. The van der Waals surface area contributed by atoms with Gasteiger partial charge in [-0.1, -0.05) is 143 Å². The molecule has 1 unspecified atom stereocenters. The maximum atomic E-state index is 12.8. The second kappa shape index (κ2) is 30.5. The number of hydrogen-bond donors (Lipinski definition) is 3. The molecular formula is C42H76N4O6. The molecule has 0 saturated heterocycles. The number of unbranched alkanes of at least 4 members (excludes halogenated alkanes) is 16. The smallest absolute Gasteiger partial charge is 0.416 e. The molecule has 10 nitrogen and oxygen atoms in total. The Labute approximate surface area is 316 Å². The van der Waals surface area contributed by atoms with Gasteiger partial charge >= 0.3 is 12.1 Å². The third-order valence-electron chi connectivity index (χ3n) is 9.64. The first-order chi connectivity index (χ1) is 25.0. The van der Waals surface area contributed by atoms with Crippen LogP contribution in [-0.2, 0) is 25.5 Å². The van der Waals surface area contributed by atoms with Crippen molar-refractivity contribution >= 4 is 23.9 Å². The molecule has 0 radical (unpaired) electrons. The summed E-state index contributed by atoms with van der Waals surface area (Å²) in [6.07, 6.45) is 27.1. The van der Waals surface area contributed by atoms with Crippen molar-refractivity contribution in [2.75, 3.05) is 6.54 Å². The Morgan fingerprint density at radius 1 is 0.673 bits per heavy atom. The fraction of sp³-hybridized carbons (Fsp3) is 0.833. The molecule has 2 amide bonds. The van der Waals surface area contributed by atoms with Gasteiger partial charge < -0.3 is 20.5 Å². The number of carboxylic acid groups (broad SMARTS) is 1. The average molecular weight is 733 g/mol. The first kappa shape index (κ1) is 47.1. The van der Waals surface area contributed by atoms with Gasteiger partial charge in [0.1, 0.15) is 12.4 Å². The fourth-order valence-corrected chi connectivity index (χ4v) is 6.55. The van der Waals surface area contributed by atoms with Crippen molar-refractivity contribution in [2.45, 2.75) is 207 Å². The molecule has 0 saturated carbocycles. The standard InChI is InChI=1S/C42H76N4O6/c1-34(2)24-20-16-12-8-6-10-14-18-22-26-38(52-41(49)27-23-19-15-11-7-9-13-17-21-25-35(3)4)31-40(48)43-29-28-39(47)45-36(5)30-37-32-46(33-44-37)42(50)51/h32-36,38H,6-31H2,1-5H3,(H,43,48)(H,45,47)(H,50,51)/t36-,38?/m1/s1. The van der Waals surface area contributed by atoms with Crippen LogP contribution in [-0.4, -0.2) is 57.2 Å². The van der Waals surface area contributed by atoms with Crippen LogP contribution in [0.4, 0.5) is 4.79 Å². The van der Waals surface area contributed by atoms with Gasteiger partial charge in [0.05, 0.1) is 12.1 Å². The quantitative estimate of drug-likeness (QED) is 0.0483. The molecule has 300 valence electrons. The fourth-order valence-electron chi connectivity index (χ4n) is 6.55. The Morgan fingerprint density at radius 3 is 1.63 bits per heavy atom. The van der Waals surface area contributed by atoms with Crippen molar-refractivity contribution in [2.24, 2.45) is 11.8 Å². The number of rotatable bonds is 33. The SMILES string of the molecule is CC(C)CCCCCCCCCCCC(=O)OC(CCCCCCCCCCCC(C)C)CC(=O)NCCC(=O)N[C@H](C)Cc1cn(C(=O)O)cn1. The summed E-state index contributed by atoms with van der Waals surface area (Å²) in [5.74, 6) is 0.933. The van der Waals surface area contributed by atoms with Gasteiger partial charge in [-0.3, -0.25) is 14.4 Å². The van der Waals surface area contributed by atoms with Crippen molar-refractivity contribution in [3.8, 4) is 0 Å². The topological polar surface area (TPSA) is 140 Å². The van der Waals surface area contributed by atoms with E-state index in [0.29, 0.717) is 25.0 Å². The third-order valence-corrected chi connectivity index (χ3v) is 9.64. The zero-order valence-corrected chi connectivity index (χ0v) is 33.7. The van der Waals surface area contributed by atoms with Crippen LogP contribution in [0, 0.1) is 11.8 Å². The van der Waals surface area contributed by atoms with Crippen LogP contribution >= 0.6 is 0 Å². The van der Waals surface area contributed by atoms with Gasteiger partial charge in [-0.2, -0.15) is 0 Å². The maximum Gasteiger partial charge on any atom is 0.416 e. The van der Waals surface area contributed by atoms with Gasteiger partial charge in [-0.05, 0) is 38.0 Å². The van der Waals surface area contributed by atoms with Crippen LogP contribution < -0.4 is 10.6 Å². The number of carbonyl (C=O) groups excluding carboxylic acids is 3. The van der Waals surface area contributed by atoms with E-state index in [1.807, 2.05) is 6.92 Å². The van der Waals surface area contributed by atoms with E-state index < -0.39 is 12.2 Å². The first-order valence-electron chi connectivity index (χ1n) is 21.0. The first-order valence-corrected chi connectivity index (χ1v) is 21.0. The summed E-state index contributed by atoms with van der Waals surface area (Å²) in [4.78, 5) is 53.2. The highest BCUT2D eigenvalue weighted by Crippen LogP contribution is 2.17. The van der Waals surface area contributed by atoms with E-state index in [0.717, 1.165) is 54.9 Å². The Bertz CT molecular complexity index is 1090. The van der Waals surface area contributed by atoms with Gasteiger partial charge in [0, 0.05) is 38.0 Å². The Hall–Kier alpha value is -2.91. The molecule has 3 N–H and O–H groups in total. The molecule has 1 aromatic heterocycles. The van der Waals surface area contributed by atoms with Crippen molar-refractivity contribution in [3.63, 3.8) is 0 Å². The van der Waals surface area contributed by atoms with E-state index in [-0.39, 0.29) is 43.2 Å². The highest BCUT2D eigenvalue weighted by molar-refractivity contribution is 5.79. The molecule has 0 aliphatic rings. The minimum Gasteiger partial charge on any atom is -0.464 e. The number of ether oxygens (including phenoxy) is 1. The van der Waals surface area contributed by atoms with Crippen LogP contribution in [0.25, 0.3) is 0 Å². The number of hydrogen-bond acceptors (Lipinski definition) is 6. The molecule has 1 rings (SSSR count). The monoisotopic (exact) mass is 733 g/mol. The van der Waals surface area contributed by atoms with E-state index in [9.17, 15) is 19.2 Å². The molecular weight excluding hydrogens is 656 g/mol. The summed E-state index contributed by atoms with van der Waals surface area (Å²) in [5, 5.41) is 14.7. The number of aromatic nitrogens is 2. The Morgan fingerprint density at radius 2 is 1.15 bits per heavy atom. The molecule has 1 heterocycles. The Balaban J connectivity index is 2.38. The van der Waals surface area contributed by atoms with E-state index in [4.69, 9.17) is 9.84 Å². The zero-order chi connectivity index (χ0) is 38.4. The largest absolute Gasteiger partial charge is 0.464 e. The molecule has 0 aromatic carbocycles. The summed E-state index contributed by atoms with van der Waals surface area (Å²) in [6, 6.07) is -0.247. The number of esters is 1. The van der Waals surface area contributed by atoms with Crippen LogP contribution in [0.2, 0.25) is 0 Å². The molecule has 0 aliphatic heterocycles. The molecule has 10 heteroatoms. The number of imidazole rings is 1. The lowest BCUT2D eigenvalue weighted by Gasteiger charge is -2.18. The lowest BCUT2D eigenvalue weighted by Crippen LogP contribution is -2.37. The maximum absolute atomic E-state index is 12.8. The lowest BCUT2D eigenvalue weighted by molar-refractivity contribution is -0.151. The highest BCUT2D eigenvalue weighted by Gasteiger charge is 2.19. The second-order valence-electron chi connectivity index (χ2n) is 15.9. The summed E-state index contributed by atoms with van der Waals surface area (Å²) >= 11 is 0. The number of amides is 2. The molecule has 1 aromatic rings. The Kier molecular flexibility index (Phi) is 27.7. The van der Waals surface area contributed by atoms with E-state index >= 15 is 0 Å². The van der Waals surface area contributed by atoms with Gasteiger partial charge in [0.15, 0.2) is 0 Å². The van der Waals surface area contributed by atoms with E-state index in [1.54, 1.807) is 0 Å². The molecule has 0 bridgehead atoms. The summed E-state index contributed by atoms with van der Waals surface area (Å²) < 4.78 is 6.82. The highest BCUT2D eigenvalue weighted by atomic mass is 16.5. The van der Waals surface area contributed by atoms with Crippen molar-refractivity contribution in [3.05, 3.63) is 18.2 Å². The van der Waals surface area contributed by atoms with Crippen LogP contribution in [0.5, 0.6) is 0 Å².